The van der Waals surface area contributed by atoms with E-state index in [0.29, 0.717) is 16.1 Å². The molecule has 0 amide bonds. The summed E-state index contributed by atoms with van der Waals surface area (Å²) in [4.78, 5) is 12.8. The summed E-state index contributed by atoms with van der Waals surface area (Å²) in [6, 6.07) is 16.8. The summed E-state index contributed by atoms with van der Waals surface area (Å²) < 4.78 is 1.71. The van der Waals surface area contributed by atoms with E-state index >= 15 is 0 Å². The summed E-state index contributed by atoms with van der Waals surface area (Å²) >= 11 is 13.0. The van der Waals surface area contributed by atoms with Gasteiger partial charge in [-0.05, 0) is 41.1 Å². The summed E-state index contributed by atoms with van der Waals surface area (Å²) in [6.45, 7) is 0. The fourth-order valence-electron chi connectivity index (χ4n) is 2.28. The molecule has 1 nitrogen and oxygen atoms in total. The maximum absolute atomic E-state index is 12.8. The summed E-state index contributed by atoms with van der Waals surface area (Å²) in [6.07, 6.45) is 0. The topological polar surface area (TPSA) is 17.1 Å². The highest BCUT2D eigenvalue weighted by Gasteiger charge is 2.16. The first-order valence-corrected chi connectivity index (χ1v) is 8.21. The van der Waals surface area contributed by atoms with Crippen LogP contribution in [-0.4, -0.2) is 5.78 Å². The van der Waals surface area contributed by atoms with Crippen LogP contribution in [0.4, 0.5) is 0 Å². The average molecular weight is 425 g/mol. The quantitative estimate of drug-likeness (QED) is 0.445. The molecular weight excluding hydrogens is 415 g/mol. The lowest BCUT2D eigenvalue weighted by molar-refractivity contribution is 0.103. The van der Waals surface area contributed by atoms with E-state index in [0.717, 1.165) is 19.7 Å². The zero-order valence-electron chi connectivity index (χ0n) is 10.7. The van der Waals surface area contributed by atoms with Crippen LogP contribution in [0, 0.1) is 0 Å². The van der Waals surface area contributed by atoms with Gasteiger partial charge in [-0.25, -0.2) is 0 Å². The molecule has 0 aliphatic heterocycles. The third-order valence-electron chi connectivity index (χ3n) is 3.29. The van der Waals surface area contributed by atoms with Crippen LogP contribution in [0.5, 0.6) is 0 Å². The number of carbonyl (C=O) groups is 1. The van der Waals surface area contributed by atoms with Crippen molar-refractivity contribution in [2.45, 2.75) is 0 Å². The largest absolute Gasteiger partial charge is 0.289 e. The fraction of sp³-hybridized carbons (Fsp3) is 0. The second-order valence-corrected chi connectivity index (χ2v) is 6.74. The first kappa shape index (κ1) is 14.8. The maximum Gasteiger partial charge on any atom is 0.194 e. The van der Waals surface area contributed by atoms with Crippen molar-refractivity contribution in [1.82, 2.24) is 0 Å². The van der Waals surface area contributed by atoms with Crippen LogP contribution < -0.4 is 0 Å². The average Bonchev–Trinajstić information content (AvgIpc) is 2.50. The van der Waals surface area contributed by atoms with Crippen LogP contribution in [0.1, 0.15) is 15.9 Å². The van der Waals surface area contributed by atoms with Gasteiger partial charge in [0, 0.05) is 25.1 Å². The first-order chi connectivity index (χ1) is 10.1. The molecular formula is C17H9Br2ClO. The predicted octanol–water partition coefficient (Wildman–Crippen LogP) is 6.25. The molecule has 104 valence electrons. The van der Waals surface area contributed by atoms with Crippen LogP contribution in [0.3, 0.4) is 0 Å². The van der Waals surface area contributed by atoms with Crippen molar-refractivity contribution >= 4 is 60.0 Å². The number of carbonyl (C=O) groups excluding carboxylic acids is 1. The summed E-state index contributed by atoms with van der Waals surface area (Å²) in [5, 5.41) is 2.48. The molecule has 0 atom stereocenters. The second kappa shape index (κ2) is 5.91. The molecule has 0 aliphatic carbocycles. The number of ketones is 1. The van der Waals surface area contributed by atoms with Crippen molar-refractivity contribution in [2.24, 2.45) is 0 Å². The molecule has 3 rings (SSSR count). The van der Waals surface area contributed by atoms with Gasteiger partial charge in [0.1, 0.15) is 0 Å². The zero-order valence-corrected chi connectivity index (χ0v) is 14.7. The van der Waals surface area contributed by atoms with Crippen LogP contribution in [0.2, 0.25) is 5.02 Å². The number of hydrogen-bond donors (Lipinski definition) is 0. The molecule has 0 spiro atoms. The molecule has 0 heterocycles. The van der Waals surface area contributed by atoms with E-state index in [4.69, 9.17) is 11.6 Å². The fourth-order valence-corrected chi connectivity index (χ4v) is 3.35. The molecule has 3 aromatic carbocycles. The molecule has 4 heteroatoms. The van der Waals surface area contributed by atoms with Crippen molar-refractivity contribution in [3.63, 3.8) is 0 Å². The molecule has 0 radical (unpaired) electrons. The standard InChI is InChI=1S/C17H9Br2ClO/c18-15-8-6-13(11-3-1-2-4-12(11)15)17(21)14-9-10(20)5-7-16(14)19/h1-9H. The van der Waals surface area contributed by atoms with E-state index in [1.54, 1.807) is 18.2 Å². The number of benzene rings is 3. The van der Waals surface area contributed by atoms with Gasteiger partial charge in [0.15, 0.2) is 5.78 Å². The van der Waals surface area contributed by atoms with Crippen LogP contribution in [0.15, 0.2) is 63.5 Å². The molecule has 3 aromatic rings. The van der Waals surface area contributed by atoms with Crippen LogP contribution in [-0.2, 0) is 0 Å². The van der Waals surface area contributed by atoms with Crippen LogP contribution >= 0.6 is 43.5 Å². The number of fused-ring (bicyclic) bond motifs is 1. The van der Waals surface area contributed by atoms with E-state index in [-0.39, 0.29) is 5.78 Å². The minimum atomic E-state index is -0.0481. The molecule has 0 N–H and O–H groups in total. The Morgan fingerprint density at radius 1 is 0.810 bits per heavy atom. The smallest absolute Gasteiger partial charge is 0.194 e. The Morgan fingerprint density at radius 2 is 1.48 bits per heavy atom. The number of rotatable bonds is 2. The Kier molecular flexibility index (Phi) is 4.16. The first-order valence-electron chi connectivity index (χ1n) is 6.25. The Hall–Kier alpha value is -1.16. The lowest BCUT2D eigenvalue weighted by atomic mass is 9.97. The van der Waals surface area contributed by atoms with Gasteiger partial charge in [-0.15, -0.1) is 0 Å². The van der Waals surface area contributed by atoms with Gasteiger partial charge in [-0.3, -0.25) is 4.79 Å². The maximum atomic E-state index is 12.8. The van der Waals surface area contributed by atoms with E-state index in [2.05, 4.69) is 31.9 Å². The minimum Gasteiger partial charge on any atom is -0.289 e. The van der Waals surface area contributed by atoms with Gasteiger partial charge in [-0.1, -0.05) is 67.7 Å². The van der Waals surface area contributed by atoms with Gasteiger partial charge in [0.05, 0.1) is 0 Å². The van der Waals surface area contributed by atoms with Crippen molar-refractivity contribution < 1.29 is 4.79 Å². The van der Waals surface area contributed by atoms with Gasteiger partial charge < -0.3 is 0 Å². The highest BCUT2D eigenvalue weighted by atomic mass is 79.9. The molecule has 0 saturated heterocycles. The highest BCUT2D eigenvalue weighted by Crippen LogP contribution is 2.30. The molecule has 0 saturated carbocycles. The third-order valence-corrected chi connectivity index (χ3v) is 4.91. The van der Waals surface area contributed by atoms with E-state index < -0.39 is 0 Å². The van der Waals surface area contributed by atoms with Crippen molar-refractivity contribution in [1.29, 1.82) is 0 Å². The predicted molar refractivity (Wildman–Crippen MR) is 94.2 cm³/mol. The van der Waals surface area contributed by atoms with E-state index in [1.165, 1.54) is 0 Å². The molecule has 21 heavy (non-hydrogen) atoms. The number of hydrogen-bond acceptors (Lipinski definition) is 1. The van der Waals surface area contributed by atoms with Crippen LogP contribution in [0.25, 0.3) is 10.8 Å². The van der Waals surface area contributed by atoms with E-state index in [9.17, 15) is 4.79 Å². The summed E-state index contributed by atoms with van der Waals surface area (Å²) in [7, 11) is 0. The second-order valence-electron chi connectivity index (χ2n) is 4.59. The van der Waals surface area contributed by atoms with Gasteiger partial charge in [-0.2, -0.15) is 0 Å². The Labute approximate surface area is 144 Å². The molecule has 0 bridgehead atoms. The van der Waals surface area contributed by atoms with Gasteiger partial charge in [0.2, 0.25) is 0 Å². The van der Waals surface area contributed by atoms with Crippen molar-refractivity contribution in [2.75, 3.05) is 0 Å². The molecule has 0 unspecified atom stereocenters. The SMILES string of the molecule is O=C(c1cc(Cl)ccc1Br)c1ccc(Br)c2ccccc12. The van der Waals surface area contributed by atoms with Crippen molar-refractivity contribution in [3.8, 4) is 0 Å². The highest BCUT2D eigenvalue weighted by molar-refractivity contribution is 9.11. The molecule has 0 aromatic heterocycles. The lowest BCUT2D eigenvalue weighted by Crippen LogP contribution is -2.03. The molecule has 0 fully saturated rings. The van der Waals surface area contributed by atoms with Gasteiger partial charge in [0.25, 0.3) is 0 Å². The monoisotopic (exact) mass is 422 g/mol. The van der Waals surface area contributed by atoms with Crippen molar-refractivity contribution in [3.05, 3.63) is 79.7 Å². The summed E-state index contributed by atoms with van der Waals surface area (Å²) in [5.41, 5.74) is 1.23. The lowest BCUT2D eigenvalue weighted by Gasteiger charge is -2.09. The normalized spacial score (nSPS) is 10.8. The van der Waals surface area contributed by atoms with E-state index in [1.807, 2.05) is 36.4 Å². The minimum absolute atomic E-state index is 0.0481. The van der Waals surface area contributed by atoms with Gasteiger partial charge >= 0.3 is 0 Å². The third kappa shape index (κ3) is 2.78. The Bertz CT molecular complexity index is 859. The Morgan fingerprint density at radius 3 is 2.24 bits per heavy atom. The zero-order chi connectivity index (χ0) is 15.0. The molecule has 0 aliphatic rings. The Balaban J connectivity index is 2.23. The number of halogens is 3. The summed E-state index contributed by atoms with van der Waals surface area (Å²) in [5.74, 6) is -0.0481.